The molecular weight excluding hydrogens is 342 g/mol. The number of ether oxygens (including phenoxy) is 1. The lowest BCUT2D eigenvalue weighted by Crippen LogP contribution is -2.46. The van der Waals surface area contributed by atoms with E-state index < -0.39 is 0 Å². The molecule has 0 bridgehead atoms. The molecule has 148 valence electrons. The zero-order valence-electron chi connectivity index (χ0n) is 16.9. The van der Waals surface area contributed by atoms with Crippen LogP contribution in [0.15, 0.2) is 17.2 Å². The van der Waals surface area contributed by atoms with E-state index in [-0.39, 0.29) is 23.6 Å². The Morgan fingerprint density at radius 1 is 1.22 bits per heavy atom. The van der Waals surface area contributed by atoms with E-state index in [0.717, 1.165) is 56.2 Å². The molecule has 1 saturated carbocycles. The van der Waals surface area contributed by atoms with Crippen LogP contribution in [0.25, 0.3) is 10.9 Å². The largest absolute Gasteiger partial charge is 0.376 e. The number of pyridine rings is 1. The number of fused-ring (bicyclic) bond motifs is 1. The quantitative estimate of drug-likeness (QED) is 0.792. The van der Waals surface area contributed by atoms with E-state index in [2.05, 4.69) is 12.2 Å². The number of nitrogens with zero attached hydrogens (tertiary/aromatic N) is 2. The summed E-state index contributed by atoms with van der Waals surface area (Å²) >= 11 is 0. The standard InChI is InChI=1S/C21H31N3O3/c1-5-6-11-27-17-10-8-7-9-16(17)22-20(25)15-13-23(3)19-14(2)12-24(4)21(26)18(15)19/h12-13,16-17H,5-11H2,1-4H3,(H,22,25). The van der Waals surface area contributed by atoms with Gasteiger partial charge in [0.2, 0.25) is 0 Å². The van der Waals surface area contributed by atoms with Gasteiger partial charge in [-0.15, -0.1) is 0 Å². The van der Waals surface area contributed by atoms with Crippen LogP contribution in [0.3, 0.4) is 0 Å². The van der Waals surface area contributed by atoms with Crippen molar-refractivity contribution in [2.24, 2.45) is 14.1 Å². The summed E-state index contributed by atoms with van der Waals surface area (Å²) in [6, 6.07) is 0.00650. The third-order valence-corrected chi connectivity index (χ3v) is 5.57. The minimum Gasteiger partial charge on any atom is -0.376 e. The van der Waals surface area contributed by atoms with E-state index in [0.29, 0.717) is 10.9 Å². The number of rotatable bonds is 6. The topological polar surface area (TPSA) is 65.3 Å². The van der Waals surface area contributed by atoms with Crippen LogP contribution in [-0.4, -0.2) is 33.8 Å². The van der Waals surface area contributed by atoms with Gasteiger partial charge in [-0.2, -0.15) is 0 Å². The molecule has 1 fully saturated rings. The molecule has 1 N–H and O–H groups in total. The molecule has 3 rings (SSSR count). The van der Waals surface area contributed by atoms with E-state index in [1.54, 1.807) is 17.8 Å². The van der Waals surface area contributed by atoms with Gasteiger partial charge in [0.15, 0.2) is 0 Å². The van der Waals surface area contributed by atoms with Crippen molar-refractivity contribution in [3.05, 3.63) is 33.9 Å². The molecule has 2 unspecified atom stereocenters. The lowest BCUT2D eigenvalue weighted by atomic mass is 9.92. The van der Waals surface area contributed by atoms with Crippen LogP contribution in [0, 0.1) is 6.92 Å². The number of carbonyl (C=O) groups is 1. The number of aromatic nitrogens is 2. The Morgan fingerprint density at radius 2 is 1.96 bits per heavy atom. The lowest BCUT2D eigenvalue weighted by molar-refractivity contribution is 0.00442. The number of carbonyl (C=O) groups excluding carboxylic acids is 1. The zero-order valence-corrected chi connectivity index (χ0v) is 16.9. The van der Waals surface area contributed by atoms with Gasteiger partial charge in [0.1, 0.15) is 0 Å². The smallest absolute Gasteiger partial charge is 0.260 e. The molecule has 2 atom stereocenters. The monoisotopic (exact) mass is 373 g/mol. The first kappa shape index (κ1) is 19.7. The van der Waals surface area contributed by atoms with Crippen molar-refractivity contribution >= 4 is 16.8 Å². The van der Waals surface area contributed by atoms with Crippen LogP contribution < -0.4 is 10.9 Å². The summed E-state index contributed by atoms with van der Waals surface area (Å²) in [5.74, 6) is -0.181. The maximum absolute atomic E-state index is 13.1. The van der Waals surface area contributed by atoms with Gasteiger partial charge in [0, 0.05) is 33.1 Å². The van der Waals surface area contributed by atoms with Gasteiger partial charge < -0.3 is 19.2 Å². The molecule has 0 saturated heterocycles. The van der Waals surface area contributed by atoms with E-state index in [4.69, 9.17) is 4.74 Å². The molecule has 2 aromatic rings. The fourth-order valence-corrected chi connectivity index (χ4v) is 4.16. The molecule has 2 aromatic heterocycles. The molecule has 6 nitrogen and oxygen atoms in total. The minimum atomic E-state index is -0.181. The van der Waals surface area contributed by atoms with Crippen LogP contribution >= 0.6 is 0 Å². The number of aryl methyl sites for hydroxylation is 3. The SMILES string of the molecule is CCCCOC1CCCCC1NC(=O)c1cn(C)c2c(C)cn(C)c(=O)c12. The molecular formula is C21H31N3O3. The Kier molecular flexibility index (Phi) is 6.05. The van der Waals surface area contributed by atoms with Crippen LogP contribution in [0.4, 0.5) is 0 Å². The fraction of sp³-hybridized carbons (Fsp3) is 0.619. The minimum absolute atomic E-state index is 0.00650. The van der Waals surface area contributed by atoms with Crippen LogP contribution in [0.5, 0.6) is 0 Å². The molecule has 1 aliphatic carbocycles. The molecule has 0 radical (unpaired) electrons. The Morgan fingerprint density at radius 3 is 2.70 bits per heavy atom. The predicted molar refractivity (Wildman–Crippen MR) is 107 cm³/mol. The van der Waals surface area contributed by atoms with Gasteiger partial charge in [-0.05, 0) is 31.7 Å². The van der Waals surface area contributed by atoms with E-state index >= 15 is 0 Å². The first-order chi connectivity index (χ1) is 12.9. The lowest BCUT2D eigenvalue weighted by Gasteiger charge is -2.32. The van der Waals surface area contributed by atoms with Crippen molar-refractivity contribution in [3.8, 4) is 0 Å². The van der Waals surface area contributed by atoms with Crippen molar-refractivity contribution in [3.63, 3.8) is 0 Å². The van der Waals surface area contributed by atoms with Gasteiger partial charge in [-0.1, -0.05) is 26.2 Å². The summed E-state index contributed by atoms with van der Waals surface area (Å²) < 4.78 is 9.46. The van der Waals surface area contributed by atoms with Gasteiger partial charge in [0.05, 0.1) is 28.6 Å². The summed E-state index contributed by atoms with van der Waals surface area (Å²) in [5.41, 5.74) is 2.12. The summed E-state index contributed by atoms with van der Waals surface area (Å²) in [5, 5.41) is 3.66. The number of unbranched alkanes of at least 4 members (excludes halogenated alkanes) is 1. The van der Waals surface area contributed by atoms with Crippen molar-refractivity contribution < 1.29 is 9.53 Å². The first-order valence-electron chi connectivity index (χ1n) is 10.0. The summed E-state index contributed by atoms with van der Waals surface area (Å²) in [6.45, 7) is 4.84. The zero-order chi connectivity index (χ0) is 19.6. The Labute approximate surface area is 160 Å². The highest BCUT2D eigenvalue weighted by Gasteiger charge is 2.29. The highest BCUT2D eigenvalue weighted by Crippen LogP contribution is 2.24. The van der Waals surface area contributed by atoms with Crippen LogP contribution in [0.1, 0.15) is 61.4 Å². The summed E-state index contributed by atoms with van der Waals surface area (Å²) in [4.78, 5) is 25.8. The molecule has 6 heteroatoms. The second kappa shape index (κ2) is 8.30. The van der Waals surface area contributed by atoms with Crippen LogP contribution in [0.2, 0.25) is 0 Å². The maximum Gasteiger partial charge on any atom is 0.260 e. The third kappa shape index (κ3) is 3.95. The Hall–Kier alpha value is -2.08. The Bertz CT molecular complexity index is 881. The normalized spacial score (nSPS) is 20.1. The average Bonchev–Trinajstić information content (AvgIpc) is 2.99. The van der Waals surface area contributed by atoms with Crippen molar-refractivity contribution in [1.82, 2.24) is 14.5 Å². The number of amides is 1. The average molecular weight is 373 g/mol. The molecule has 0 aliphatic heterocycles. The van der Waals surface area contributed by atoms with Crippen molar-refractivity contribution in [1.29, 1.82) is 0 Å². The molecule has 2 heterocycles. The van der Waals surface area contributed by atoms with Gasteiger partial charge in [0.25, 0.3) is 11.5 Å². The second-order valence-corrected chi connectivity index (χ2v) is 7.73. The summed E-state index contributed by atoms with van der Waals surface area (Å²) in [6.07, 6.45) is 9.91. The summed E-state index contributed by atoms with van der Waals surface area (Å²) in [7, 11) is 3.60. The highest BCUT2D eigenvalue weighted by atomic mass is 16.5. The first-order valence-corrected chi connectivity index (χ1v) is 10.0. The molecule has 1 amide bonds. The number of hydrogen-bond donors (Lipinski definition) is 1. The van der Waals surface area contributed by atoms with Crippen molar-refractivity contribution in [2.75, 3.05) is 6.61 Å². The predicted octanol–water partition coefficient (Wildman–Crippen LogP) is 3.04. The fourth-order valence-electron chi connectivity index (χ4n) is 4.16. The van der Waals surface area contributed by atoms with E-state index in [1.807, 2.05) is 24.7 Å². The molecule has 0 spiro atoms. The maximum atomic E-state index is 13.1. The molecule has 0 aromatic carbocycles. The third-order valence-electron chi connectivity index (χ3n) is 5.57. The molecule has 27 heavy (non-hydrogen) atoms. The number of nitrogens with one attached hydrogen (secondary N) is 1. The second-order valence-electron chi connectivity index (χ2n) is 7.73. The highest BCUT2D eigenvalue weighted by molar-refractivity contribution is 6.07. The van der Waals surface area contributed by atoms with E-state index in [1.165, 1.54) is 0 Å². The Balaban J connectivity index is 1.86. The molecule has 1 aliphatic rings. The van der Waals surface area contributed by atoms with E-state index in [9.17, 15) is 9.59 Å². The number of hydrogen-bond acceptors (Lipinski definition) is 3. The van der Waals surface area contributed by atoms with Gasteiger partial charge >= 0.3 is 0 Å². The van der Waals surface area contributed by atoms with Gasteiger partial charge in [-0.3, -0.25) is 9.59 Å². The van der Waals surface area contributed by atoms with Crippen LogP contribution in [-0.2, 0) is 18.8 Å². The van der Waals surface area contributed by atoms with Crippen molar-refractivity contribution in [2.45, 2.75) is 64.5 Å². The van der Waals surface area contributed by atoms with Gasteiger partial charge in [-0.25, -0.2) is 0 Å².